The van der Waals surface area contributed by atoms with Crippen LogP contribution in [-0.2, 0) is 14.1 Å². The van der Waals surface area contributed by atoms with Gasteiger partial charge in [-0.05, 0) is 6.92 Å². The largest absolute Gasteiger partial charge is 0.471 e. The number of imidazole rings is 1. The van der Waals surface area contributed by atoms with Gasteiger partial charge in [-0.1, -0.05) is 0 Å². The Morgan fingerprint density at radius 3 is 2.81 bits per heavy atom. The Hall–Kier alpha value is -3.17. The predicted octanol–water partition coefficient (Wildman–Crippen LogP) is 1.20. The molecule has 10 nitrogen and oxygen atoms in total. The first kappa shape index (κ1) is 16.3. The second kappa shape index (κ2) is 5.97. The fourth-order valence-electron chi connectivity index (χ4n) is 3.28. The molecular formula is C16H19N7O3. The summed E-state index contributed by atoms with van der Waals surface area (Å²) in [4.78, 5) is 25.6. The van der Waals surface area contributed by atoms with E-state index in [0.29, 0.717) is 36.6 Å². The van der Waals surface area contributed by atoms with Crippen molar-refractivity contribution in [2.24, 2.45) is 14.1 Å². The van der Waals surface area contributed by atoms with Crippen LogP contribution in [0.5, 0.6) is 5.88 Å². The number of carbonyl (C=O) groups is 1. The summed E-state index contributed by atoms with van der Waals surface area (Å²) in [6.07, 6.45) is 2.79. The third-order valence-electron chi connectivity index (χ3n) is 4.57. The van der Waals surface area contributed by atoms with E-state index in [1.807, 2.05) is 31.8 Å². The van der Waals surface area contributed by atoms with Crippen molar-refractivity contribution in [2.45, 2.75) is 19.4 Å². The van der Waals surface area contributed by atoms with E-state index < -0.39 is 6.09 Å². The molecule has 26 heavy (non-hydrogen) atoms. The lowest BCUT2D eigenvalue weighted by Crippen LogP contribution is -2.29. The van der Waals surface area contributed by atoms with Crippen LogP contribution in [0.25, 0.3) is 22.6 Å². The SMILES string of the molecule is Cc1nn(C)cc1-c1nc2c(OC3CCN(C(=O)O)C3)ncnc2n1C. The van der Waals surface area contributed by atoms with Crippen molar-refractivity contribution in [1.82, 2.24) is 34.2 Å². The molecule has 1 amide bonds. The summed E-state index contributed by atoms with van der Waals surface area (Å²) in [6.45, 7) is 2.70. The van der Waals surface area contributed by atoms with Gasteiger partial charge in [-0.3, -0.25) is 4.68 Å². The van der Waals surface area contributed by atoms with E-state index in [2.05, 4.69) is 20.1 Å². The highest BCUT2D eigenvalue weighted by Crippen LogP contribution is 2.29. The van der Waals surface area contributed by atoms with E-state index in [1.54, 1.807) is 4.68 Å². The Bertz CT molecular complexity index is 993. The Kier molecular flexibility index (Phi) is 3.74. The Morgan fingerprint density at radius 1 is 1.35 bits per heavy atom. The molecule has 1 aliphatic rings. The van der Waals surface area contributed by atoms with Gasteiger partial charge >= 0.3 is 6.09 Å². The van der Waals surface area contributed by atoms with E-state index in [0.717, 1.165) is 17.1 Å². The van der Waals surface area contributed by atoms with Crippen molar-refractivity contribution in [1.29, 1.82) is 0 Å². The zero-order valence-electron chi connectivity index (χ0n) is 14.7. The monoisotopic (exact) mass is 357 g/mol. The maximum atomic E-state index is 11.1. The van der Waals surface area contributed by atoms with Gasteiger partial charge in [-0.2, -0.15) is 10.1 Å². The smallest absolute Gasteiger partial charge is 0.407 e. The topological polar surface area (TPSA) is 111 Å². The molecule has 0 aromatic carbocycles. The lowest BCUT2D eigenvalue weighted by atomic mass is 10.2. The molecule has 3 aromatic heterocycles. The molecule has 0 saturated carbocycles. The number of amides is 1. The van der Waals surface area contributed by atoms with Crippen LogP contribution in [0.3, 0.4) is 0 Å². The average Bonchev–Trinajstić information content (AvgIpc) is 3.27. The number of rotatable bonds is 3. The molecule has 0 aliphatic carbocycles. The number of carboxylic acid groups (broad SMARTS) is 1. The lowest BCUT2D eigenvalue weighted by molar-refractivity contribution is 0.145. The van der Waals surface area contributed by atoms with Crippen LogP contribution in [0.2, 0.25) is 0 Å². The van der Waals surface area contributed by atoms with Gasteiger partial charge in [0.2, 0.25) is 5.88 Å². The third-order valence-corrected chi connectivity index (χ3v) is 4.57. The molecule has 0 radical (unpaired) electrons. The van der Waals surface area contributed by atoms with Gasteiger partial charge in [0.15, 0.2) is 11.2 Å². The minimum absolute atomic E-state index is 0.241. The summed E-state index contributed by atoms with van der Waals surface area (Å²) in [5, 5.41) is 13.4. The summed E-state index contributed by atoms with van der Waals surface area (Å²) >= 11 is 0. The minimum Gasteiger partial charge on any atom is -0.471 e. The highest BCUT2D eigenvalue weighted by molar-refractivity contribution is 5.81. The van der Waals surface area contributed by atoms with Gasteiger partial charge < -0.3 is 19.3 Å². The molecule has 1 fully saturated rings. The molecule has 1 atom stereocenters. The van der Waals surface area contributed by atoms with Crippen LogP contribution in [0.15, 0.2) is 12.5 Å². The maximum Gasteiger partial charge on any atom is 0.407 e. The van der Waals surface area contributed by atoms with Gasteiger partial charge in [0.1, 0.15) is 18.3 Å². The molecule has 1 N–H and O–H groups in total. The van der Waals surface area contributed by atoms with Crippen LogP contribution in [-0.4, -0.2) is 64.6 Å². The third kappa shape index (κ3) is 2.63. The number of hydrogen-bond acceptors (Lipinski definition) is 6. The maximum absolute atomic E-state index is 11.1. The van der Waals surface area contributed by atoms with E-state index in [-0.39, 0.29) is 6.10 Å². The fraction of sp³-hybridized carbons (Fsp3) is 0.438. The molecule has 1 saturated heterocycles. The highest BCUT2D eigenvalue weighted by atomic mass is 16.5. The van der Waals surface area contributed by atoms with Crippen LogP contribution < -0.4 is 4.74 Å². The highest BCUT2D eigenvalue weighted by Gasteiger charge is 2.29. The summed E-state index contributed by atoms with van der Waals surface area (Å²) < 4.78 is 9.58. The van der Waals surface area contributed by atoms with Crippen LogP contribution in [0.4, 0.5) is 4.79 Å². The van der Waals surface area contributed by atoms with Gasteiger partial charge in [0.05, 0.1) is 17.8 Å². The average molecular weight is 357 g/mol. The number of hydrogen-bond donors (Lipinski definition) is 1. The molecule has 1 aliphatic heterocycles. The van der Waals surface area contributed by atoms with Crippen molar-refractivity contribution in [3.8, 4) is 17.3 Å². The lowest BCUT2D eigenvalue weighted by Gasteiger charge is -2.13. The quantitative estimate of drug-likeness (QED) is 0.750. The van der Waals surface area contributed by atoms with Gasteiger partial charge in [0.25, 0.3) is 0 Å². The first-order valence-corrected chi connectivity index (χ1v) is 8.26. The minimum atomic E-state index is -0.934. The second-order valence-electron chi connectivity index (χ2n) is 6.40. The van der Waals surface area contributed by atoms with Gasteiger partial charge in [-0.15, -0.1) is 0 Å². The van der Waals surface area contributed by atoms with E-state index in [4.69, 9.17) is 9.84 Å². The number of likely N-dealkylation sites (tertiary alicyclic amines) is 1. The molecule has 10 heteroatoms. The molecule has 1 unspecified atom stereocenters. The summed E-state index contributed by atoms with van der Waals surface area (Å²) in [6, 6.07) is 0. The number of aromatic nitrogens is 6. The van der Waals surface area contributed by atoms with Crippen molar-refractivity contribution >= 4 is 17.3 Å². The Morgan fingerprint density at radius 2 is 2.15 bits per heavy atom. The second-order valence-corrected chi connectivity index (χ2v) is 6.40. The van der Waals surface area contributed by atoms with Crippen molar-refractivity contribution < 1.29 is 14.6 Å². The predicted molar refractivity (Wildman–Crippen MR) is 91.9 cm³/mol. The summed E-state index contributed by atoms with van der Waals surface area (Å²) in [5.41, 5.74) is 2.99. The summed E-state index contributed by atoms with van der Waals surface area (Å²) in [7, 11) is 3.75. The zero-order valence-corrected chi connectivity index (χ0v) is 14.7. The van der Waals surface area contributed by atoms with Crippen LogP contribution >= 0.6 is 0 Å². The first-order valence-electron chi connectivity index (χ1n) is 8.26. The number of ether oxygens (including phenoxy) is 1. The molecule has 4 rings (SSSR count). The number of nitrogens with zero attached hydrogens (tertiary/aromatic N) is 7. The summed E-state index contributed by atoms with van der Waals surface area (Å²) in [5.74, 6) is 1.10. The number of aryl methyl sites for hydroxylation is 3. The molecule has 3 aromatic rings. The number of fused-ring (bicyclic) bond motifs is 1. The first-order chi connectivity index (χ1) is 12.4. The van der Waals surface area contributed by atoms with E-state index in [9.17, 15) is 4.79 Å². The molecule has 0 bridgehead atoms. The van der Waals surface area contributed by atoms with E-state index >= 15 is 0 Å². The molecule has 0 spiro atoms. The Balaban J connectivity index is 1.70. The van der Waals surface area contributed by atoms with Gasteiger partial charge in [-0.25, -0.2) is 14.8 Å². The fourth-order valence-corrected chi connectivity index (χ4v) is 3.28. The molecule has 4 heterocycles. The van der Waals surface area contributed by atoms with E-state index in [1.165, 1.54) is 11.2 Å². The molecule has 136 valence electrons. The van der Waals surface area contributed by atoms with Crippen molar-refractivity contribution in [2.75, 3.05) is 13.1 Å². The van der Waals surface area contributed by atoms with Crippen LogP contribution in [0, 0.1) is 6.92 Å². The molecular weight excluding hydrogens is 338 g/mol. The zero-order chi connectivity index (χ0) is 18.4. The van der Waals surface area contributed by atoms with Crippen molar-refractivity contribution in [3.63, 3.8) is 0 Å². The normalized spacial score (nSPS) is 17.2. The van der Waals surface area contributed by atoms with Crippen molar-refractivity contribution in [3.05, 3.63) is 18.2 Å². The standard InChI is InChI=1S/C16H19N7O3/c1-9-11(7-21(2)20-9)13-19-12-14(22(13)3)17-8-18-15(12)26-10-4-5-23(6-10)16(24)25/h7-8,10H,4-6H2,1-3H3,(H,24,25). The van der Waals surface area contributed by atoms with Gasteiger partial charge in [0, 0.05) is 33.3 Å². The Labute approximate surface area is 149 Å². The van der Waals surface area contributed by atoms with Crippen LogP contribution in [0.1, 0.15) is 12.1 Å².